The summed E-state index contributed by atoms with van der Waals surface area (Å²) in [6.45, 7) is 2.33. The Balaban J connectivity index is 2.20. The summed E-state index contributed by atoms with van der Waals surface area (Å²) in [6, 6.07) is 3.99. The molecular weight excluding hydrogens is 224 g/mol. The molecule has 0 aliphatic carbocycles. The van der Waals surface area contributed by atoms with Gasteiger partial charge in [-0.3, -0.25) is 0 Å². The van der Waals surface area contributed by atoms with Crippen molar-refractivity contribution < 1.29 is 5.11 Å². The molecule has 1 aromatic rings. The molecule has 0 bridgehead atoms. The molecular formula is C9H13ClOS2. The highest BCUT2D eigenvalue weighted by atomic mass is 35.5. The van der Waals surface area contributed by atoms with Crippen LogP contribution >= 0.6 is 34.7 Å². The maximum absolute atomic E-state index is 8.80. The van der Waals surface area contributed by atoms with Crippen LogP contribution in [0.2, 0.25) is 4.34 Å². The number of thioether (sulfide) groups is 1. The van der Waals surface area contributed by atoms with Crippen LogP contribution in [0, 0.1) is 5.92 Å². The zero-order chi connectivity index (χ0) is 9.68. The molecule has 0 aliphatic rings. The van der Waals surface area contributed by atoms with Crippen LogP contribution in [0.5, 0.6) is 0 Å². The predicted octanol–water partition coefficient (Wildman–Crippen LogP) is 3.26. The second-order valence-corrected chi connectivity index (χ2v) is 5.84. The Kier molecular flexibility index (Phi) is 5.17. The molecule has 0 saturated carbocycles. The summed E-state index contributed by atoms with van der Waals surface area (Å²) in [5.74, 6) is 2.40. The molecule has 0 aromatic carbocycles. The van der Waals surface area contributed by atoms with E-state index in [0.717, 1.165) is 15.8 Å². The second-order valence-electron chi connectivity index (χ2n) is 3.01. The van der Waals surface area contributed by atoms with Crippen LogP contribution in [-0.4, -0.2) is 17.5 Å². The lowest BCUT2D eigenvalue weighted by atomic mass is 10.2. The van der Waals surface area contributed by atoms with Crippen molar-refractivity contribution in [2.45, 2.75) is 12.7 Å². The molecule has 4 heteroatoms. The molecule has 1 unspecified atom stereocenters. The number of aliphatic hydroxyl groups is 1. The molecule has 1 nitrogen and oxygen atoms in total. The first kappa shape index (κ1) is 11.4. The van der Waals surface area contributed by atoms with Gasteiger partial charge in [-0.05, 0) is 23.8 Å². The molecule has 1 rings (SSSR count). The SMILES string of the molecule is CC(CO)CSCc1ccc(Cl)s1. The number of halogens is 1. The van der Waals surface area contributed by atoms with E-state index in [1.165, 1.54) is 4.88 Å². The maximum atomic E-state index is 8.80. The zero-order valence-corrected chi connectivity index (χ0v) is 9.88. The fraction of sp³-hybridized carbons (Fsp3) is 0.556. The van der Waals surface area contributed by atoms with Crippen molar-refractivity contribution in [3.63, 3.8) is 0 Å². The molecule has 1 N–H and O–H groups in total. The summed E-state index contributed by atoms with van der Waals surface area (Å²) < 4.78 is 0.853. The van der Waals surface area contributed by atoms with Gasteiger partial charge in [0.25, 0.3) is 0 Å². The van der Waals surface area contributed by atoms with Gasteiger partial charge in [0.05, 0.1) is 4.34 Å². The van der Waals surface area contributed by atoms with Gasteiger partial charge in [-0.25, -0.2) is 0 Å². The van der Waals surface area contributed by atoms with Crippen molar-refractivity contribution in [2.75, 3.05) is 12.4 Å². The van der Waals surface area contributed by atoms with Gasteiger partial charge in [0.15, 0.2) is 0 Å². The predicted molar refractivity (Wildman–Crippen MR) is 61.7 cm³/mol. The highest BCUT2D eigenvalue weighted by molar-refractivity contribution is 7.98. The minimum absolute atomic E-state index is 0.276. The molecule has 0 aliphatic heterocycles. The second kappa shape index (κ2) is 5.91. The summed E-state index contributed by atoms with van der Waals surface area (Å²) in [5, 5.41) is 8.80. The molecule has 0 spiro atoms. The van der Waals surface area contributed by atoms with Crippen LogP contribution in [0.15, 0.2) is 12.1 Å². The van der Waals surface area contributed by atoms with E-state index < -0.39 is 0 Å². The average molecular weight is 237 g/mol. The summed E-state index contributed by atoms with van der Waals surface area (Å²) in [5.41, 5.74) is 0. The van der Waals surface area contributed by atoms with Crippen molar-refractivity contribution in [1.29, 1.82) is 0 Å². The molecule has 0 saturated heterocycles. The van der Waals surface area contributed by atoms with E-state index in [1.54, 1.807) is 11.3 Å². The molecule has 0 radical (unpaired) electrons. The van der Waals surface area contributed by atoms with E-state index in [1.807, 2.05) is 17.8 Å². The number of aliphatic hydroxyl groups excluding tert-OH is 1. The van der Waals surface area contributed by atoms with Gasteiger partial charge in [0.2, 0.25) is 0 Å². The first-order valence-corrected chi connectivity index (χ1v) is 6.50. The number of hydrogen-bond donors (Lipinski definition) is 1. The van der Waals surface area contributed by atoms with Crippen molar-refractivity contribution in [3.8, 4) is 0 Å². The molecule has 74 valence electrons. The standard InChI is InChI=1S/C9H13ClOS2/c1-7(4-11)5-12-6-8-2-3-9(10)13-8/h2-3,7,11H,4-6H2,1H3. The highest BCUT2D eigenvalue weighted by Gasteiger charge is 2.02. The molecule has 13 heavy (non-hydrogen) atoms. The van der Waals surface area contributed by atoms with Crippen LogP contribution in [0.3, 0.4) is 0 Å². The fourth-order valence-corrected chi connectivity index (χ4v) is 3.13. The Morgan fingerprint density at radius 2 is 2.38 bits per heavy atom. The number of thiophene rings is 1. The minimum atomic E-state index is 0.276. The van der Waals surface area contributed by atoms with Gasteiger partial charge in [-0.15, -0.1) is 11.3 Å². The van der Waals surface area contributed by atoms with Gasteiger partial charge in [0.1, 0.15) is 0 Å². The lowest BCUT2D eigenvalue weighted by Crippen LogP contribution is -2.03. The van der Waals surface area contributed by atoms with Crippen molar-refractivity contribution in [1.82, 2.24) is 0 Å². The molecule has 1 heterocycles. The number of hydrogen-bond acceptors (Lipinski definition) is 3. The molecule has 0 fully saturated rings. The third-order valence-electron chi connectivity index (χ3n) is 1.59. The largest absolute Gasteiger partial charge is 0.396 e. The molecule has 1 atom stereocenters. The lowest BCUT2D eigenvalue weighted by molar-refractivity contribution is 0.250. The van der Waals surface area contributed by atoms with Crippen molar-refractivity contribution in [3.05, 3.63) is 21.3 Å². The Morgan fingerprint density at radius 3 is 2.92 bits per heavy atom. The van der Waals surface area contributed by atoms with Crippen LogP contribution in [0.4, 0.5) is 0 Å². The number of rotatable bonds is 5. The smallest absolute Gasteiger partial charge is 0.0931 e. The van der Waals surface area contributed by atoms with E-state index in [-0.39, 0.29) is 6.61 Å². The summed E-state index contributed by atoms with van der Waals surface area (Å²) in [6.07, 6.45) is 0. The van der Waals surface area contributed by atoms with Crippen molar-refractivity contribution in [2.24, 2.45) is 5.92 Å². The Labute approximate surface area is 92.1 Å². The van der Waals surface area contributed by atoms with Crippen LogP contribution in [-0.2, 0) is 5.75 Å². The van der Waals surface area contributed by atoms with Crippen LogP contribution < -0.4 is 0 Å². The summed E-state index contributed by atoms with van der Waals surface area (Å²) in [4.78, 5) is 1.31. The topological polar surface area (TPSA) is 20.2 Å². The van der Waals surface area contributed by atoms with Crippen molar-refractivity contribution >= 4 is 34.7 Å². The average Bonchev–Trinajstić information content (AvgIpc) is 2.51. The minimum Gasteiger partial charge on any atom is -0.396 e. The van der Waals surface area contributed by atoms with Gasteiger partial charge >= 0.3 is 0 Å². The Hall–Kier alpha value is 0.300. The normalized spacial score (nSPS) is 13.2. The van der Waals surface area contributed by atoms with E-state index in [2.05, 4.69) is 13.0 Å². The van der Waals surface area contributed by atoms with E-state index in [4.69, 9.17) is 16.7 Å². The first-order chi connectivity index (χ1) is 6.22. The monoisotopic (exact) mass is 236 g/mol. The van der Waals surface area contributed by atoms with Gasteiger partial charge in [-0.2, -0.15) is 11.8 Å². The van der Waals surface area contributed by atoms with Gasteiger partial charge in [-0.1, -0.05) is 18.5 Å². The third kappa shape index (κ3) is 4.36. The van der Waals surface area contributed by atoms with E-state index in [0.29, 0.717) is 5.92 Å². The Bertz CT molecular complexity index is 250. The van der Waals surface area contributed by atoms with Crippen LogP contribution in [0.1, 0.15) is 11.8 Å². The third-order valence-corrected chi connectivity index (χ3v) is 4.32. The fourth-order valence-electron chi connectivity index (χ4n) is 0.843. The maximum Gasteiger partial charge on any atom is 0.0931 e. The zero-order valence-electron chi connectivity index (χ0n) is 7.50. The summed E-state index contributed by atoms with van der Waals surface area (Å²) in [7, 11) is 0. The molecule has 0 amide bonds. The van der Waals surface area contributed by atoms with E-state index in [9.17, 15) is 0 Å². The molecule has 1 aromatic heterocycles. The van der Waals surface area contributed by atoms with E-state index >= 15 is 0 Å². The quantitative estimate of drug-likeness (QED) is 0.847. The first-order valence-electron chi connectivity index (χ1n) is 4.15. The summed E-state index contributed by atoms with van der Waals surface area (Å²) >= 11 is 9.27. The highest BCUT2D eigenvalue weighted by Crippen LogP contribution is 2.25. The lowest BCUT2D eigenvalue weighted by Gasteiger charge is -2.05. The van der Waals surface area contributed by atoms with Gasteiger partial charge < -0.3 is 5.11 Å². The van der Waals surface area contributed by atoms with Crippen LogP contribution in [0.25, 0.3) is 0 Å². The Morgan fingerprint density at radius 1 is 1.62 bits per heavy atom. The van der Waals surface area contributed by atoms with Gasteiger partial charge in [0, 0.05) is 17.2 Å².